The first kappa shape index (κ1) is 14.4. The number of nitrogens with one attached hydrogen (secondary N) is 1. The van der Waals surface area contributed by atoms with E-state index in [1.165, 1.54) is 19.0 Å². The van der Waals surface area contributed by atoms with Gasteiger partial charge in [0.15, 0.2) is 5.69 Å². The third-order valence-electron chi connectivity index (χ3n) is 3.31. The summed E-state index contributed by atoms with van der Waals surface area (Å²) in [6.45, 7) is 0.706. The number of nitrogens with zero attached hydrogens (tertiary/aromatic N) is 2. The molecule has 3 rings (SSSR count). The molecule has 3 nitrogen and oxygen atoms in total. The second kappa shape index (κ2) is 5.35. The Hall–Kier alpha value is -1.53. The Morgan fingerprint density at radius 3 is 2.62 bits per heavy atom. The standard InChI is InChI=1S/C14H13ClF3N3/c15-11-7-9(8-19-10-2-3-10)1-4-12(11)21-6-5-13(20-21)14(16,17)18/h1,4-7,10,19H,2-3,8H2. The summed E-state index contributed by atoms with van der Waals surface area (Å²) >= 11 is 6.15. The second-order valence-electron chi connectivity index (χ2n) is 5.08. The number of aromatic nitrogens is 2. The molecule has 1 saturated carbocycles. The Labute approximate surface area is 124 Å². The highest BCUT2D eigenvalue weighted by molar-refractivity contribution is 6.32. The van der Waals surface area contributed by atoms with Gasteiger partial charge < -0.3 is 5.32 Å². The van der Waals surface area contributed by atoms with Gasteiger partial charge in [-0.3, -0.25) is 0 Å². The van der Waals surface area contributed by atoms with Crippen molar-refractivity contribution in [3.8, 4) is 5.69 Å². The van der Waals surface area contributed by atoms with E-state index in [9.17, 15) is 13.2 Å². The van der Waals surface area contributed by atoms with Gasteiger partial charge in [-0.2, -0.15) is 18.3 Å². The largest absolute Gasteiger partial charge is 0.435 e. The number of halogens is 4. The van der Waals surface area contributed by atoms with Crippen LogP contribution in [0.15, 0.2) is 30.5 Å². The molecule has 7 heteroatoms. The fraction of sp³-hybridized carbons (Fsp3) is 0.357. The van der Waals surface area contributed by atoms with Gasteiger partial charge in [0, 0.05) is 18.8 Å². The predicted molar refractivity (Wildman–Crippen MR) is 73.4 cm³/mol. The van der Waals surface area contributed by atoms with E-state index in [0.717, 1.165) is 16.3 Å². The first-order valence-electron chi connectivity index (χ1n) is 6.58. The van der Waals surface area contributed by atoms with Crippen LogP contribution in [0.2, 0.25) is 5.02 Å². The maximum absolute atomic E-state index is 12.5. The lowest BCUT2D eigenvalue weighted by Crippen LogP contribution is -2.15. The molecule has 1 heterocycles. The number of alkyl halides is 3. The number of hydrogen-bond acceptors (Lipinski definition) is 2. The van der Waals surface area contributed by atoms with Crippen molar-refractivity contribution < 1.29 is 13.2 Å². The lowest BCUT2D eigenvalue weighted by Gasteiger charge is -2.08. The van der Waals surface area contributed by atoms with Crippen LogP contribution in [0.4, 0.5) is 13.2 Å². The molecule has 2 aromatic rings. The molecule has 0 spiro atoms. The zero-order chi connectivity index (χ0) is 15.0. The van der Waals surface area contributed by atoms with Gasteiger partial charge in [0.05, 0.1) is 10.7 Å². The molecule has 1 aliphatic carbocycles. The quantitative estimate of drug-likeness (QED) is 0.930. The highest BCUT2D eigenvalue weighted by Gasteiger charge is 2.33. The van der Waals surface area contributed by atoms with E-state index in [-0.39, 0.29) is 0 Å². The SMILES string of the molecule is FC(F)(F)c1ccn(-c2ccc(CNC3CC3)cc2Cl)n1. The van der Waals surface area contributed by atoms with E-state index in [2.05, 4.69) is 10.4 Å². The lowest BCUT2D eigenvalue weighted by atomic mass is 10.2. The average Bonchev–Trinajstić information content (AvgIpc) is 3.10. The molecule has 0 radical (unpaired) electrons. The summed E-state index contributed by atoms with van der Waals surface area (Å²) in [7, 11) is 0. The summed E-state index contributed by atoms with van der Waals surface area (Å²) < 4.78 is 38.8. The molecule has 0 bridgehead atoms. The Bertz CT molecular complexity index is 647. The van der Waals surface area contributed by atoms with Crippen molar-refractivity contribution in [2.24, 2.45) is 0 Å². The average molecular weight is 316 g/mol. The van der Waals surface area contributed by atoms with E-state index < -0.39 is 11.9 Å². The van der Waals surface area contributed by atoms with Gasteiger partial charge in [-0.25, -0.2) is 4.68 Å². The zero-order valence-corrected chi connectivity index (χ0v) is 11.7. The first-order valence-corrected chi connectivity index (χ1v) is 6.96. The van der Waals surface area contributed by atoms with Crippen LogP contribution in [0.3, 0.4) is 0 Å². The number of hydrogen-bond donors (Lipinski definition) is 1. The summed E-state index contributed by atoms with van der Waals surface area (Å²) in [5.41, 5.74) is 0.499. The number of rotatable bonds is 4. The summed E-state index contributed by atoms with van der Waals surface area (Å²) in [6, 6.07) is 6.79. The molecule has 1 aliphatic rings. The minimum Gasteiger partial charge on any atom is -0.310 e. The molecule has 0 unspecified atom stereocenters. The summed E-state index contributed by atoms with van der Waals surface area (Å²) in [4.78, 5) is 0. The summed E-state index contributed by atoms with van der Waals surface area (Å²) in [6.07, 6.45) is -0.809. The van der Waals surface area contributed by atoms with Gasteiger partial charge in [-0.05, 0) is 36.6 Å². The Balaban J connectivity index is 1.79. The molecule has 0 amide bonds. The van der Waals surface area contributed by atoms with Crippen LogP contribution >= 0.6 is 11.6 Å². The van der Waals surface area contributed by atoms with Crippen LogP contribution in [0.1, 0.15) is 24.1 Å². The van der Waals surface area contributed by atoms with Crippen molar-refractivity contribution in [2.45, 2.75) is 31.6 Å². The predicted octanol–water partition coefficient (Wildman–Crippen LogP) is 3.80. The molecular formula is C14H13ClF3N3. The molecule has 21 heavy (non-hydrogen) atoms. The molecule has 0 saturated heterocycles. The van der Waals surface area contributed by atoms with Crippen molar-refractivity contribution in [2.75, 3.05) is 0 Å². The van der Waals surface area contributed by atoms with Gasteiger partial charge in [0.1, 0.15) is 0 Å². The maximum atomic E-state index is 12.5. The van der Waals surface area contributed by atoms with Gasteiger partial charge in [0.25, 0.3) is 0 Å². The molecule has 1 aromatic heterocycles. The fourth-order valence-electron chi connectivity index (χ4n) is 2.01. The van der Waals surface area contributed by atoms with Crippen LogP contribution in [-0.2, 0) is 12.7 Å². The van der Waals surface area contributed by atoms with Crippen LogP contribution in [0, 0.1) is 0 Å². The Kier molecular flexibility index (Phi) is 3.67. The summed E-state index contributed by atoms with van der Waals surface area (Å²) in [5, 5.41) is 7.25. The van der Waals surface area contributed by atoms with Gasteiger partial charge >= 0.3 is 6.18 Å². The van der Waals surface area contributed by atoms with E-state index in [1.807, 2.05) is 6.07 Å². The Morgan fingerprint density at radius 2 is 2.05 bits per heavy atom. The van der Waals surface area contributed by atoms with Crippen molar-refractivity contribution in [1.29, 1.82) is 0 Å². The topological polar surface area (TPSA) is 29.9 Å². The monoisotopic (exact) mass is 315 g/mol. The van der Waals surface area contributed by atoms with Crippen LogP contribution < -0.4 is 5.32 Å². The molecule has 1 aromatic carbocycles. The fourth-order valence-corrected chi connectivity index (χ4v) is 2.29. The van der Waals surface area contributed by atoms with Crippen molar-refractivity contribution >= 4 is 11.6 Å². The van der Waals surface area contributed by atoms with E-state index in [4.69, 9.17) is 11.6 Å². The normalized spacial score (nSPS) is 15.4. The zero-order valence-electron chi connectivity index (χ0n) is 11.0. The molecule has 1 N–H and O–H groups in total. The number of benzene rings is 1. The van der Waals surface area contributed by atoms with E-state index in [1.54, 1.807) is 12.1 Å². The molecular weight excluding hydrogens is 303 g/mol. The maximum Gasteiger partial charge on any atom is 0.435 e. The lowest BCUT2D eigenvalue weighted by molar-refractivity contribution is -0.141. The third kappa shape index (κ3) is 3.39. The van der Waals surface area contributed by atoms with Crippen LogP contribution in [0.5, 0.6) is 0 Å². The highest BCUT2D eigenvalue weighted by atomic mass is 35.5. The Morgan fingerprint density at radius 1 is 1.29 bits per heavy atom. The van der Waals surface area contributed by atoms with Gasteiger partial charge in [-0.15, -0.1) is 0 Å². The van der Waals surface area contributed by atoms with E-state index >= 15 is 0 Å². The minimum atomic E-state index is -4.45. The van der Waals surface area contributed by atoms with E-state index in [0.29, 0.717) is 23.3 Å². The highest BCUT2D eigenvalue weighted by Crippen LogP contribution is 2.29. The van der Waals surface area contributed by atoms with Gasteiger partial charge in [-0.1, -0.05) is 17.7 Å². The van der Waals surface area contributed by atoms with Crippen molar-refractivity contribution in [1.82, 2.24) is 15.1 Å². The minimum absolute atomic E-state index is 0.377. The molecule has 0 aliphatic heterocycles. The van der Waals surface area contributed by atoms with Crippen LogP contribution in [0.25, 0.3) is 5.69 Å². The first-order chi connectivity index (χ1) is 9.93. The van der Waals surface area contributed by atoms with Crippen molar-refractivity contribution in [3.05, 3.63) is 46.7 Å². The van der Waals surface area contributed by atoms with Crippen molar-refractivity contribution in [3.63, 3.8) is 0 Å². The third-order valence-corrected chi connectivity index (χ3v) is 3.61. The molecule has 0 atom stereocenters. The summed E-state index contributed by atoms with van der Waals surface area (Å²) in [5.74, 6) is 0. The molecule has 112 valence electrons. The van der Waals surface area contributed by atoms with Crippen LogP contribution in [-0.4, -0.2) is 15.8 Å². The van der Waals surface area contributed by atoms with Gasteiger partial charge in [0.2, 0.25) is 0 Å². The molecule has 1 fully saturated rings. The smallest absolute Gasteiger partial charge is 0.310 e. The second-order valence-corrected chi connectivity index (χ2v) is 5.49.